The molecule has 0 heterocycles. The first-order valence-electron chi connectivity index (χ1n) is 28.6. The standard InChI is InChI=1S/C58H117/c1-5-8-11-14-17-20-23-26-28-29-31-34-37-40-43-46-49-55-58(54-48-45-42-39-36-33-30-27-24-21-18-15-12-9-6-2)56-51-50-53-57(4)52-47-44-41-38-35-32-25-22-19-16-13-10-7-3/h51,57-58H,5-50,52-56H2,1-4H3. The lowest BCUT2D eigenvalue weighted by Gasteiger charge is -2.18. The molecule has 0 spiro atoms. The molecule has 0 aromatic heterocycles. The predicted molar refractivity (Wildman–Crippen MR) is 269 cm³/mol. The molecule has 349 valence electrons. The lowest BCUT2D eigenvalue weighted by molar-refractivity contribution is 0.387. The maximum absolute atomic E-state index is 2.74. The summed E-state index contributed by atoms with van der Waals surface area (Å²) in [7, 11) is 0. The second-order valence-electron chi connectivity index (χ2n) is 20.3. The summed E-state index contributed by atoms with van der Waals surface area (Å²) < 4.78 is 0. The Labute approximate surface area is 372 Å². The van der Waals surface area contributed by atoms with Crippen LogP contribution in [0.5, 0.6) is 0 Å². The molecular formula is C58H117. The van der Waals surface area contributed by atoms with E-state index >= 15 is 0 Å². The van der Waals surface area contributed by atoms with Gasteiger partial charge in [-0.3, -0.25) is 0 Å². The van der Waals surface area contributed by atoms with E-state index in [0.717, 1.165) is 11.8 Å². The summed E-state index contributed by atoms with van der Waals surface area (Å²) in [6, 6.07) is 0. The lowest BCUT2D eigenvalue weighted by Crippen LogP contribution is -2.03. The van der Waals surface area contributed by atoms with E-state index in [2.05, 4.69) is 34.1 Å². The van der Waals surface area contributed by atoms with Crippen molar-refractivity contribution in [1.29, 1.82) is 0 Å². The number of unbranched alkanes of at least 4 members (excludes halogenated alkanes) is 43. The Kier molecular flexibility index (Phi) is 53.1. The van der Waals surface area contributed by atoms with Crippen LogP contribution in [0.3, 0.4) is 0 Å². The van der Waals surface area contributed by atoms with Crippen LogP contribution in [0.1, 0.15) is 355 Å². The molecule has 0 aromatic carbocycles. The van der Waals surface area contributed by atoms with Crippen molar-refractivity contribution in [2.45, 2.75) is 355 Å². The van der Waals surface area contributed by atoms with Crippen LogP contribution in [0.2, 0.25) is 0 Å². The van der Waals surface area contributed by atoms with E-state index < -0.39 is 0 Å². The van der Waals surface area contributed by atoms with Gasteiger partial charge >= 0.3 is 0 Å². The van der Waals surface area contributed by atoms with E-state index in [1.54, 1.807) is 0 Å². The molecule has 0 aliphatic carbocycles. The minimum absolute atomic E-state index is 0.920. The first-order chi connectivity index (χ1) is 28.7. The fourth-order valence-corrected chi connectivity index (χ4v) is 9.75. The average Bonchev–Trinajstić information content (AvgIpc) is 3.23. The zero-order chi connectivity index (χ0) is 41.9. The zero-order valence-electron chi connectivity index (χ0n) is 41.8. The molecule has 58 heavy (non-hydrogen) atoms. The van der Waals surface area contributed by atoms with Gasteiger partial charge in [0, 0.05) is 0 Å². The number of hydrogen-bond donors (Lipinski definition) is 0. The van der Waals surface area contributed by atoms with Crippen molar-refractivity contribution in [2.24, 2.45) is 11.8 Å². The Hall–Kier alpha value is 0. The average molecular weight is 815 g/mol. The van der Waals surface area contributed by atoms with E-state index in [1.807, 2.05) is 0 Å². The van der Waals surface area contributed by atoms with E-state index in [9.17, 15) is 0 Å². The fourth-order valence-electron chi connectivity index (χ4n) is 9.75. The third-order valence-corrected chi connectivity index (χ3v) is 14.1. The molecule has 0 rings (SSSR count). The first kappa shape index (κ1) is 58.0. The van der Waals surface area contributed by atoms with Crippen molar-refractivity contribution in [1.82, 2.24) is 0 Å². The monoisotopic (exact) mass is 814 g/mol. The lowest BCUT2D eigenvalue weighted by atomic mass is 9.88. The van der Waals surface area contributed by atoms with Crippen molar-refractivity contribution in [2.75, 3.05) is 0 Å². The Morgan fingerprint density at radius 1 is 0.241 bits per heavy atom. The minimum atomic E-state index is 0.920. The quantitative estimate of drug-likeness (QED) is 0.0537. The largest absolute Gasteiger partial charge is 0.0654 e. The molecule has 0 aliphatic heterocycles. The highest BCUT2D eigenvalue weighted by atomic mass is 14.2. The van der Waals surface area contributed by atoms with E-state index in [4.69, 9.17) is 0 Å². The molecule has 0 aromatic rings. The van der Waals surface area contributed by atoms with Crippen LogP contribution in [0, 0.1) is 18.3 Å². The van der Waals surface area contributed by atoms with E-state index in [0.29, 0.717) is 0 Å². The van der Waals surface area contributed by atoms with Crippen molar-refractivity contribution in [3.05, 3.63) is 6.42 Å². The SMILES string of the molecule is CCCCCCCCCCCCCCCCCCCC(C[CH]CCC(C)CCCCCCCCCCCCCCC)CCCCCCCCCCCCCCCCC. The fraction of sp³-hybridized carbons (Fsp3) is 0.983. The summed E-state index contributed by atoms with van der Waals surface area (Å²) in [6.45, 7) is 9.50. The van der Waals surface area contributed by atoms with Gasteiger partial charge in [-0.25, -0.2) is 0 Å². The topological polar surface area (TPSA) is 0 Å². The molecule has 0 bridgehead atoms. The van der Waals surface area contributed by atoms with Gasteiger partial charge < -0.3 is 0 Å². The van der Waals surface area contributed by atoms with Crippen molar-refractivity contribution >= 4 is 0 Å². The summed E-state index contributed by atoms with van der Waals surface area (Å²) >= 11 is 0. The molecule has 0 heteroatoms. The van der Waals surface area contributed by atoms with Gasteiger partial charge in [0.15, 0.2) is 0 Å². The first-order valence-corrected chi connectivity index (χ1v) is 28.6. The molecule has 0 amide bonds. The highest BCUT2D eigenvalue weighted by molar-refractivity contribution is 4.73. The number of rotatable bonds is 53. The zero-order valence-corrected chi connectivity index (χ0v) is 41.8. The van der Waals surface area contributed by atoms with Crippen molar-refractivity contribution < 1.29 is 0 Å². The van der Waals surface area contributed by atoms with Crippen LogP contribution in [-0.2, 0) is 0 Å². The van der Waals surface area contributed by atoms with Gasteiger partial charge in [0.05, 0.1) is 0 Å². The van der Waals surface area contributed by atoms with Gasteiger partial charge in [-0.1, -0.05) is 342 Å². The summed E-state index contributed by atoms with van der Waals surface area (Å²) in [5.41, 5.74) is 0. The van der Waals surface area contributed by atoms with Gasteiger partial charge in [0.1, 0.15) is 0 Å². The van der Waals surface area contributed by atoms with Crippen LogP contribution in [0.25, 0.3) is 0 Å². The maximum Gasteiger partial charge on any atom is -0.0383 e. The molecule has 2 atom stereocenters. The van der Waals surface area contributed by atoms with Gasteiger partial charge in [-0.2, -0.15) is 0 Å². The molecule has 2 unspecified atom stereocenters. The Morgan fingerprint density at radius 2 is 0.448 bits per heavy atom. The van der Waals surface area contributed by atoms with Gasteiger partial charge in [0.25, 0.3) is 0 Å². The van der Waals surface area contributed by atoms with Crippen LogP contribution in [-0.4, -0.2) is 0 Å². The van der Waals surface area contributed by atoms with Crippen LogP contribution < -0.4 is 0 Å². The molecule has 1 radical (unpaired) electrons. The third-order valence-electron chi connectivity index (χ3n) is 14.1. The molecule has 0 fully saturated rings. The molecule has 0 N–H and O–H groups in total. The highest BCUT2D eigenvalue weighted by Crippen LogP contribution is 2.26. The third kappa shape index (κ3) is 50.4. The molecular weight excluding hydrogens is 697 g/mol. The van der Waals surface area contributed by atoms with E-state index in [-0.39, 0.29) is 0 Å². The van der Waals surface area contributed by atoms with Gasteiger partial charge in [-0.05, 0) is 31.1 Å². The summed E-state index contributed by atoms with van der Waals surface area (Å²) in [5, 5.41) is 0. The summed E-state index contributed by atoms with van der Waals surface area (Å²) in [5.74, 6) is 1.89. The highest BCUT2D eigenvalue weighted by Gasteiger charge is 2.10. The van der Waals surface area contributed by atoms with Crippen LogP contribution in [0.4, 0.5) is 0 Å². The normalized spacial score (nSPS) is 12.8. The van der Waals surface area contributed by atoms with Crippen LogP contribution in [0.15, 0.2) is 0 Å². The predicted octanol–water partition coefficient (Wildman–Crippen LogP) is 22.4. The molecule has 0 nitrogen and oxygen atoms in total. The minimum Gasteiger partial charge on any atom is -0.0654 e. The Bertz CT molecular complexity index is 680. The Balaban J connectivity index is 4.04. The smallest absolute Gasteiger partial charge is 0.0383 e. The molecule has 0 saturated heterocycles. The number of hydrogen-bond acceptors (Lipinski definition) is 0. The van der Waals surface area contributed by atoms with Crippen molar-refractivity contribution in [3.8, 4) is 0 Å². The summed E-state index contributed by atoms with van der Waals surface area (Å²) in [6.07, 6.45) is 77.8. The second-order valence-corrected chi connectivity index (χ2v) is 20.3. The van der Waals surface area contributed by atoms with Crippen molar-refractivity contribution in [3.63, 3.8) is 0 Å². The molecule has 0 aliphatic rings. The van der Waals surface area contributed by atoms with E-state index in [1.165, 1.54) is 327 Å². The maximum atomic E-state index is 2.74. The van der Waals surface area contributed by atoms with Gasteiger partial charge in [-0.15, -0.1) is 0 Å². The second kappa shape index (κ2) is 53.1. The summed E-state index contributed by atoms with van der Waals surface area (Å²) in [4.78, 5) is 0. The van der Waals surface area contributed by atoms with Gasteiger partial charge in [0.2, 0.25) is 0 Å². The molecule has 0 saturated carbocycles. The Morgan fingerprint density at radius 3 is 0.690 bits per heavy atom. The van der Waals surface area contributed by atoms with Crippen LogP contribution >= 0.6 is 0 Å².